The van der Waals surface area contributed by atoms with Crippen LogP contribution in [0.4, 0.5) is 0 Å². The number of ether oxygens (including phenoxy) is 1. The third-order valence-electron chi connectivity index (χ3n) is 8.89. The molecule has 4 rings (SSSR count). The number of aliphatic hydroxyl groups excluding tert-OH is 2. The lowest BCUT2D eigenvalue weighted by Crippen LogP contribution is -2.65. The minimum Gasteiger partial charge on any atom is -0.462 e. The molecular formula is C22H32O5. The molecule has 0 radical (unpaired) electrons. The second-order valence-corrected chi connectivity index (χ2v) is 10.0. The van der Waals surface area contributed by atoms with Crippen LogP contribution in [0.25, 0.3) is 0 Å². The van der Waals surface area contributed by atoms with Crippen molar-refractivity contribution in [2.75, 3.05) is 6.61 Å². The fourth-order valence-electron chi connectivity index (χ4n) is 7.65. The Labute approximate surface area is 161 Å². The summed E-state index contributed by atoms with van der Waals surface area (Å²) in [6, 6.07) is 0. The molecule has 3 saturated carbocycles. The van der Waals surface area contributed by atoms with E-state index in [-0.39, 0.29) is 47.3 Å². The van der Waals surface area contributed by atoms with E-state index in [1.54, 1.807) is 0 Å². The van der Waals surface area contributed by atoms with Crippen LogP contribution in [0.5, 0.6) is 0 Å². The van der Waals surface area contributed by atoms with Gasteiger partial charge >= 0.3 is 5.97 Å². The zero-order valence-corrected chi connectivity index (χ0v) is 16.6. The number of allylic oxidation sites excluding steroid dienone is 1. The average Bonchev–Trinajstić information content (AvgIpc) is 2.92. The van der Waals surface area contributed by atoms with E-state index in [2.05, 4.69) is 13.0 Å². The van der Waals surface area contributed by atoms with E-state index in [0.717, 1.165) is 44.0 Å². The summed E-state index contributed by atoms with van der Waals surface area (Å²) in [6.45, 7) is 5.68. The van der Waals surface area contributed by atoms with Crippen molar-refractivity contribution >= 4 is 12.3 Å². The van der Waals surface area contributed by atoms with Gasteiger partial charge in [0.15, 0.2) is 0 Å². The third-order valence-corrected chi connectivity index (χ3v) is 8.89. The first-order valence-electron chi connectivity index (χ1n) is 10.4. The summed E-state index contributed by atoms with van der Waals surface area (Å²) in [5, 5.41) is 21.6. The molecule has 0 aliphatic heterocycles. The van der Waals surface area contributed by atoms with E-state index in [9.17, 15) is 19.8 Å². The smallest absolute Gasteiger partial charge is 0.302 e. The molecule has 5 nitrogen and oxygen atoms in total. The molecule has 150 valence electrons. The number of fused-ring (bicyclic) bond motifs is 3. The van der Waals surface area contributed by atoms with E-state index in [1.165, 1.54) is 6.92 Å². The molecule has 8 atom stereocenters. The lowest BCUT2D eigenvalue weighted by molar-refractivity contribution is -0.228. The van der Waals surface area contributed by atoms with E-state index in [1.807, 2.05) is 6.92 Å². The van der Waals surface area contributed by atoms with Crippen LogP contribution in [0.1, 0.15) is 59.3 Å². The number of hydrogen-bond acceptors (Lipinski definition) is 5. The van der Waals surface area contributed by atoms with Gasteiger partial charge in [-0.05, 0) is 67.3 Å². The number of rotatable bonds is 3. The van der Waals surface area contributed by atoms with Gasteiger partial charge in [-0.15, -0.1) is 0 Å². The lowest BCUT2D eigenvalue weighted by Gasteiger charge is -2.66. The lowest BCUT2D eigenvalue weighted by atomic mass is 9.40. The van der Waals surface area contributed by atoms with Crippen molar-refractivity contribution in [2.45, 2.75) is 71.5 Å². The van der Waals surface area contributed by atoms with Crippen LogP contribution in [0, 0.1) is 34.0 Å². The van der Waals surface area contributed by atoms with Crippen LogP contribution in [-0.2, 0) is 14.3 Å². The normalized spacial score (nSPS) is 51.0. The molecule has 0 aromatic carbocycles. The molecule has 0 aromatic rings. The number of esters is 1. The molecule has 0 heterocycles. The van der Waals surface area contributed by atoms with Gasteiger partial charge in [0.05, 0.1) is 12.7 Å². The maximum absolute atomic E-state index is 11.6. The molecule has 0 unspecified atom stereocenters. The summed E-state index contributed by atoms with van der Waals surface area (Å²) in [5.74, 6) is 0.335. The van der Waals surface area contributed by atoms with Crippen molar-refractivity contribution in [2.24, 2.45) is 34.0 Å². The van der Waals surface area contributed by atoms with Gasteiger partial charge < -0.3 is 14.9 Å². The van der Waals surface area contributed by atoms with E-state index in [4.69, 9.17) is 4.74 Å². The molecule has 4 aliphatic rings. The summed E-state index contributed by atoms with van der Waals surface area (Å²) < 4.78 is 5.62. The Bertz CT molecular complexity index is 686. The molecule has 0 amide bonds. The summed E-state index contributed by atoms with van der Waals surface area (Å²) in [6.07, 6.45) is 7.34. The van der Waals surface area contributed by atoms with Gasteiger partial charge in [-0.1, -0.05) is 19.9 Å². The van der Waals surface area contributed by atoms with Gasteiger partial charge in [0.1, 0.15) is 12.4 Å². The number of carbonyl (C=O) groups is 2. The fourth-order valence-corrected chi connectivity index (χ4v) is 7.65. The highest BCUT2D eigenvalue weighted by Crippen LogP contribution is 2.70. The minimum atomic E-state index is -0.562. The van der Waals surface area contributed by atoms with Crippen molar-refractivity contribution in [3.05, 3.63) is 11.6 Å². The van der Waals surface area contributed by atoms with E-state index in [0.29, 0.717) is 6.42 Å². The molecule has 5 heteroatoms. The van der Waals surface area contributed by atoms with Crippen molar-refractivity contribution < 1.29 is 24.5 Å². The largest absolute Gasteiger partial charge is 0.462 e. The van der Waals surface area contributed by atoms with Crippen LogP contribution in [0.3, 0.4) is 0 Å². The Kier molecular flexibility index (Phi) is 4.36. The molecule has 2 bridgehead atoms. The quantitative estimate of drug-likeness (QED) is 0.584. The highest BCUT2D eigenvalue weighted by Gasteiger charge is 2.67. The predicted molar refractivity (Wildman–Crippen MR) is 99.6 cm³/mol. The standard InChI is InChI=1S/C22H32O5/c1-13(25)27-19-6-7-20(2)16-5-4-14-9-22(16,10-15(14)11-23)18(26)8-17(20)21(19,3)12-24/h10-11,14,16-19,24,26H,4-9,12H2,1-3H3/t14-,16-,17+,18+,19-,20+,21-,22-/m1/s1. The van der Waals surface area contributed by atoms with Gasteiger partial charge in [0, 0.05) is 17.8 Å². The van der Waals surface area contributed by atoms with Gasteiger partial charge in [0.2, 0.25) is 0 Å². The summed E-state index contributed by atoms with van der Waals surface area (Å²) >= 11 is 0. The fraction of sp³-hybridized carbons (Fsp3) is 0.818. The van der Waals surface area contributed by atoms with Crippen molar-refractivity contribution in [1.29, 1.82) is 0 Å². The van der Waals surface area contributed by atoms with Crippen LogP contribution < -0.4 is 0 Å². The zero-order valence-electron chi connectivity index (χ0n) is 16.6. The summed E-state index contributed by atoms with van der Waals surface area (Å²) in [4.78, 5) is 23.2. The summed E-state index contributed by atoms with van der Waals surface area (Å²) in [5.41, 5.74) is -0.0482. The molecule has 2 N–H and O–H groups in total. The molecule has 4 aliphatic carbocycles. The maximum atomic E-state index is 11.6. The zero-order chi connectivity index (χ0) is 19.6. The van der Waals surface area contributed by atoms with Gasteiger partial charge in [0.25, 0.3) is 0 Å². The number of aliphatic hydroxyl groups is 2. The topological polar surface area (TPSA) is 83.8 Å². The monoisotopic (exact) mass is 376 g/mol. The molecule has 0 aromatic heterocycles. The van der Waals surface area contributed by atoms with Crippen molar-refractivity contribution in [3.63, 3.8) is 0 Å². The van der Waals surface area contributed by atoms with Crippen LogP contribution in [-0.4, -0.2) is 41.3 Å². The summed E-state index contributed by atoms with van der Waals surface area (Å²) in [7, 11) is 0. The first-order chi connectivity index (χ1) is 12.7. The molecule has 0 saturated heterocycles. The number of hydrogen-bond donors (Lipinski definition) is 2. The van der Waals surface area contributed by atoms with E-state index < -0.39 is 11.5 Å². The van der Waals surface area contributed by atoms with Gasteiger partial charge in [-0.3, -0.25) is 9.59 Å². The first kappa shape index (κ1) is 19.1. The SMILES string of the molecule is CC(=O)O[C@@H]1CC[C@]2(C)[C@H](C[C@H](O)[C@]34C=C(C=O)[C@H](CC[C@H]23)C4)[C@@]1(C)CO. The van der Waals surface area contributed by atoms with Crippen molar-refractivity contribution in [3.8, 4) is 0 Å². The minimum absolute atomic E-state index is 0.0484. The Hall–Kier alpha value is -1.20. The Morgan fingerprint density at radius 2 is 2.04 bits per heavy atom. The van der Waals surface area contributed by atoms with Crippen LogP contribution in [0.2, 0.25) is 0 Å². The molecule has 27 heavy (non-hydrogen) atoms. The first-order valence-corrected chi connectivity index (χ1v) is 10.4. The van der Waals surface area contributed by atoms with E-state index >= 15 is 0 Å². The predicted octanol–water partition coefficient (Wildman–Crippen LogP) is 2.64. The number of carbonyl (C=O) groups excluding carboxylic acids is 2. The Balaban J connectivity index is 1.75. The third kappa shape index (κ3) is 2.43. The Morgan fingerprint density at radius 1 is 1.30 bits per heavy atom. The second kappa shape index (κ2) is 6.15. The molecule has 1 spiro atoms. The number of aldehydes is 1. The van der Waals surface area contributed by atoms with Crippen molar-refractivity contribution in [1.82, 2.24) is 0 Å². The highest BCUT2D eigenvalue weighted by atomic mass is 16.5. The molecular weight excluding hydrogens is 344 g/mol. The second-order valence-electron chi connectivity index (χ2n) is 10.0. The maximum Gasteiger partial charge on any atom is 0.302 e. The molecule has 3 fully saturated rings. The van der Waals surface area contributed by atoms with Crippen LogP contribution in [0.15, 0.2) is 11.6 Å². The average molecular weight is 376 g/mol. The van der Waals surface area contributed by atoms with Gasteiger partial charge in [-0.25, -0.2) is 0 Å². The highest BCUT2D eigenvalue weighted by molar-refractivity contribution is 5.75. The van der Waals surface area contributed by atoms with Crippen LogP contribution >= 0.6 is 0 Å². The van der Waals surface area contributed by atoms with Gasteiger partial charge in [-0.2, -0.15) is 0 Å². The Morgan fingerprint density at radius 3 is 2.67 bits per heavy atom.